The summed E-state index contributed by atoms with van der Waals surface area (Å²) in [4.78, 5) is 21.4. The van der Waals surface area contributed by atoms with E-state index in [-0.39, 0.29) is 17.9 Å². The van der Waals surface area contributed by atoms with Crippen LogP contribution in [-0.2, 0) is 11.3 Å². The third-order valence-corrected chi connectivity index (χ3v) is 7.34. The van der Waals surface area contributed by atoms with Crippen molar-refractivity contribution in [2.75, 3.05) is 31.6 Å². The highest BCUT2D eigenvalue weighted by molar-refractivity contribution is 6.51. The molecule has 0 saturated carbocycles. The molecule has 3 aromatic rings. The maximum atomic E-state index is 15.7. The zero-order chi connectivity index (χ0) is 29.9. The highest BCUT2D eigenvalue weighted by Gasteiger charge is 2.38. The minimum absolute atomic E-state index is 0.0836. The van der Waals surface area contributed by atoms with E-state index < -0.39 is 34.9 Å². The Bertz CT molecular complexity index is 1560. The highest BCUT2D eigenvalue weighted by atomic mass is 19.4. The summed E-state index contributed by atoms with van der Waals surface area (Å²) in [6.45, 7) is 2.59. The Labute approximate surface area is 241 Å². The molecule has 0 aliphatic carbocycles. The summed E-state index contributed by atoms with van der Waals surface area (Å²) in [7, 11) is 1.47. The number of rotatable bonds is 6. The molecule has 2 aliphatic heterocycles. The first kappa shape index (κ1) is 29.1. The molecule has 42 heavy (non-hydrogen) atoms. The van der Waals surface area contributed by atoms with E-state index in [4.69, 9.17) is 10.5 Å². The molecule has 2 heterocycles. The summed E-state index contributed by atoms with van der Waals surface area (Å²) >= 11 is 0. The Morgan fingerprint density at radius 1 is 1.02 bits per heavy atom. The van der Waals surface area contributed by atoms with Crippen LogP contribution in [-0.4, -0.2) is 49.4 Å². The molecule has 0 atom stereocenters. The number of aliphatic imine (C=N–C) groups is 1. The maximum Gasteiger partial charge on any atom is 0.431 e. The Kier molecular flexibility index (Phi) is 8.44. The number of methoxy groups -OCH3 is 1. The molecule has 0 radical (unpaired) electrons. The van der Waals surface area contributed by atoms with Gasteiger partial charge in [-0.25, -0.2) is 9.38 Å². The van der Waals surface area contributed by atoms with Crippen LogP contribution in [0.4, 0.5) is 28.9 Å². The van der Waals surface area contributed by atoms with Crippen molar-refractivity contribution in [3.05, 3.63) is 102 Å². The minimum Gasteiger partial charge on any atom is -0.497 e. The van der Waals surface area contributed by atoms with E-state index in [2.05, 4.69) is 9.89 Å². The van der Waals surface area contributed by atoms with Crippen LogP contribution in [0.1, 0.15) is 18.4 Å². The molecule has 2 N–H and O–H groups in total. The minimum atomic E-state index is -4.91. The van der Waals surface area contributed by atoms with Crippen molar-refractivity contribution < 1.29 is 27.1 Å². The first-order chi connectivity index (χ1) is 20.2. The summed E-state index contributed by atoms with van der Waals surface area (Å²) in [6.07, 6.45) is -0.172. The maximum absolute atomic E-state index is 15.7. The van der Waals surface area contributed by atoms with Gasteiger partial charge in [-0.2, -0.15) is 13.2 Å². The summed E-state index contributed by atoms with van der Waals surface area (Å²) in [5.74, 6) is -1.10. The first-order valence-corrected chi connectivity index (χ1v) is 13.5. The van der Waals surface area contributed by atoms with Crippen molar-refractivity contribution in [1.29, 1.82) is 0 Å². The number of anilines is 1. The molecule has 0 bridgehead atoms. The average molecular weight is 579 g/mol. The topological polar surface area (TPSA) is 71.2 Å². The molecular formula is C32H30F4N4O2. The lowest BCUT2D eigenvalue weighted by molar-refractivity contribution is -0.112. The third-order valence-electron chi connectivity index (χ3n) is 7.34. The largest absolute Gasteiger partial charge is 0.497 e. The molecule has 2 aliphatic rings. The lowest BCUT2D eigenvalue weighted by Crippen LogP contribution is -2.38. The number of hydrogen-bond acceptors (Lipinski definition) is 5. The second-order valence-electron chi connectivity index (χ2n) is 10.1. The molecule has 3 aromatic carbocycles. The van der Waals surface area contributed by atoms with Gasteiger partial charge in [0.2, 0.25) is 0 Å². The predicted molar refractivity (Wildman–Crippen MR) is 155 cm³/mol. The standard InChI is InChI=1S/C32H30F4N4O2/c1-42-24-13-11-23(12-14-24)38-29-26(30(37)32(34,35)36)9-6-18-40(31(29)41)28-15-10-21(19-27(28)33)25-8-3-2-7-22(25)20-39-16-4-5-17-39/h2-3,6-15,19H,4-5,16-18,20,37H2,1H3. The number of carbonyl (C=O) groups is 1. The summed E-state index contributed by atoms with van der Waals surface area (Å²) in [5.41, 5.74) is 5.56. The van der Waals surface area contributed by atoms with Gasteiger partial charge in [0.05, 0.1) is 18.5 Å². The Morgan fingerprint density at radius 3 is 2.40 bits per heavy atom. The molecule has 0 unspecified atom stereocenters. The number of nitrogens with zero attached hydrogens (tertiary/aromatic N) is 3. The van der Waals surface area contributed by atoms with Crippen molar-refractivity contribution in [3.63, 3.8) is 0 Å². The lowest BCUT2D eigenvalue weighted by Gasteiger charge is -2.23. The molecule has 1 fully saturated rings. The SMILES string of the molecule is COc1ccc(N=C2C(=O)N(c3ccc(-c4ccccc4CN4CCCC4)cc3F)CC=CC2=C(N)C(F)(F)F)cc1. The molecule has 10 heteroatoms. The Morgan fingerprint density at radius 2 is 1.74 bits per heavy atom. The van der Waals surface area contributed by atoms with E-state index in [0.717, 1.165) is 54.6 Å². The number of hydrogen-bond donors (Lipinski definition) is 1. The number of halogens is 4. The number of amides is 1. The van der Waals surface area contributed by atoms with E-state index >= 15 is 4.39 Å². The molecule has 1 amide bonds. The number of allylic oxidation sites excluding steroid dienone is 2. The van der Waals surface area contributed by atoms with Gasteiger partial charge >= 0.3 is 6.18 Å². The second kappa shape index (κ2) is 12.2. The zero-order valence-electron chi connectivity index (χ0n) is 23.0. The predicted octanol–water partition coefficient (Wildman–Crippen LogP) is 6.55. The summed E-state index contributed by atoms with van der Waals surface area (Å²) in [6, 6.07) is 18.4. The first-order valence-electron chi connectivity index (χ1n) is 13.5. The molecule has 0 aromatic heterocycles. The smallest absolute Gasteiger partial charge is 0.431 e. The van der Waals surface area contributed by atoms with Crippen LogP contribution in [0.3, 0.4) is 0 Å². The molecular weight excluding hydrogens is 548 g/mol. The number of nitrogens with two attached hydrogens (primary N) is 1. The van der Waals surface area contributed by atoms with Gasteiger partial charge in [-0.1, -0.05) is 42.5 Å². The van der Waals surface area contributed by atoms with Gasteiger partial charge in [-0.15, -0.1) is 0 Å². The summed E-state index contributed by atoms with van der Waals surface area (Å²) < 4.78 is 61.9. The van der Waals surface area contributed by atoms with Crippen molar-refractivity contribution in [2.24, 2.45) is 10.7 Å². The van der Waals surface area contributed by atoms with E-state index in [9.17, 15) is 18.0 Å². The van der Waals surface area contributed by atoms with Crippen LogP contribution in [0, 0.1) is 5.82 Å². The fourth-order valence-corrected chi connectivity index (χ4v) is 5.17. The average Bonchev–Trinajstić information content (AvgIpc) is 3.44. The van der Waals surface area contributed by atoms with Crippen molar-refractivity contribution in [1.82, 2.24) is 4.90 Å². The van der Waals surface area contributed by atoms with Gasteiger partial charge in [-0.05, 0) is 79.0 Å². The Hall–Kier alpha value is -4.44. The van der Waals surface area contributed by atoms with E-state index in [1.807, 2.05) is 24.3 Å². The van der Waals surface area contributed by atoms with Crippen LogP contribution < -0.4 is 15.4 Å². The van der Waals surface area contributed by atoms with Crippen LogP contribution in [0.5, 0.6) is 5.75 Å². The molecule has 218 valence electrons. The zero-order valence-corrected chi connectivity index (χ0v) is 23.0. The van der Waals surface area contributed by atoms with Crippen LogP contribution in [0.25, 0.3) is 11.1 Å². The third kappa shape index (κ3) is 6.23. The Balaban J connectivity index is 1.52. The van der Waals surface area contributed by atoms with Gasteiger partial charge in [0.1, 0.15) is 23.0 Å². The van der Waals surface area contributed by atoms with E-state index in [1.165, 1.54) is 37.5 Å². The van der Waals surface area contributed by atoms with E-state index in [1.54, 1.807) is 18.2 Å². The molecule has 5 rings (SSSR count). The normalized spacial score (nSPS) is 18.5. The van der Waals surface area contributed by atoms with Gasteiger partial charge < -0.3 is 15.4 Å². The van der Waals surface area contributed by atoms with Gasteiger partial charge in [0, 0.05) is 18.7 Å². The quantitative estimate of drug-likeness (QED) is 0.337. The number of ether oxygens (including phenoxy) is 1. The molecule has 6 nitrogen and oxygen atoms in total. The fourth-order valence-electron chi connectivity index (χ4n) is 5.17. The summed E-state index contributed by atoms with van der Waals surface area (Å²) in [5, 5.41) is 0. The van der Waals surface area contributed by atoms with Crippen molar-refractivity contribution in [2.45, 2.75) is 25.6 Å². The van der Waals surface area contributed by atoms with Crippen LogP contribution in [0.15, 0.2) is 95.1 Å². The van der Waals surface area contributed by atoms with E-state index in [0.29, 0.717) is 11.3 Å². The van der Waals surface area contributed by atoms with Crippen molar-refractivity contribution >= 4 is 23.0 Å². The number of alkyl halides is 3. The number of likely N-dealkylation sites (tertiary alicyclic amines) is 1. The fraction of sp³-hybridized carbons (Fsp3) is 0.250. The van der Waals surface area contributed by atoms with Gasteiger partial charge in [0.25, 0.3) is 5.91 Å². The van der Waals surface area contributed by atoms with Gasteiger partial charge in [-0.3, -0.25) is 9.69 Å². The van der Waals surface area contributed by atoms with Crippen LogP contribution in [0.2, 0.25) is 0 Å². The molecule has 0 spiro atoms. The highest BCUT2D eigenvalue weighted by Crippen LogP contribution is 2.33. The van der Waals surface area contributed by atoms with Crippen molar-refractivity contribution in [3.8, 4) is 16.9 Å². The molecule has 1 saturated heterocycles. The second-order valence-corrected chi connectivity index (χ2v) is 10.1. The number of benzene rings is 3. The van der Waals surface area contributed by atoms with Crippen LogP contribution >= 0.6 is 0 Å². The lowest BCUT2D eigenvalue weighted by atomic mass is 9.98. The van der Waals surface area contributed by atoms with Gasteiger partial charge in [0.15, 0.2) is 0 Å². The monoisotopic (exact) mass is 578 g/mol. The number of carbonyl (C=O) groups excluding carboxylic acids is 1.